The van der Waals surface area contributed by atoms with Crippen molar-refractivity contribution in [2.75, 3.05) is 18.4 Å². The predicted molar refractivity (Wildman–Crippen MR) is 99.7 cm³/mol. The number of benzene rings is 1. The first-order valence-electron chi connectivity index (χ1n) is 7.67. The summed E-state index contributed by atoms with van der Waals surface area (Å²) in [7, 11) is 0. The van der Waals surface area contributed by atoms with Gasteiger partial charge in [-0.3, -0.25) is 9.78 Å². The molecule has 0 spiro atoms. The first-order chi connectivity index (χ1) is 10.3. The van der Waals surface area contributed by atoms with Crippen molar-refractivity contribution in [3.05, 3.63) is 36.5 Å². The molecule has 3 rings (SSSR count). The van der Waals surface area contributed by atoms with Crippen molar-refractivity contribution in [1.82, 2.24) is 10.3 Å². The fourth-order valence-electron chi connectivity index (χ4n) is 2.93. The zero-order chi connectivity index (χ0) is 14.5. The summed E-state index contributed by atoms with van der Waals surface area (Å²) in [6.07, 6.45) is 5.72. The lowest BCUT2D eigenvalue weighted by atomic mass is 9.93. The van der Waals surface area contributed by atoms with Crippen LogP contribution in [0.25, 0.3) is 10.9 Å². The van der Waals surface area contributed by atoms with Crippen LogP contribution >= 0.6 is 24.8 Å². The molecule has 4 nitrogen and oxygen atoms in total. The molecule has 0 aliphatic carbocycles. The Hall–Kier alpha value is -1.36. The van der Waals surface area contributed by atoms with Crippen LogP contribution in [-0.4, -0.2) is 24.0 Å². The minimum atomic E-state index is 0. The highest BCUT2D eigenvalue weighted by atomic mass is 35.5. The van der Waals surface area contributed by atoms with Crippen molar-refractivity contribution in [2.45, 2.75) is 25.7 Å². The topological polar surface area (TPSA) is 54.0 Å². The lowest BCUT2D eigenvalue weighted by molar-refractivity contribution is -0.116. The Morgan fingerprint density at radius 2 is 1.96 bits per heavy atom. The van der Waals surface area contributed by atoms with Crippen LogP contribution in [0.15, 0.2) is 36.5 Å². The summed E-state index contributed by atoms with van der Waals surface area (Å²) in [5, 5.41) is 7.38. The number of halogens is 2. The van der Waals surface area contributed by atoms with Gasteiger partial charge in [0, 0.05) is 18.0 Å². The molecular formula is C17H23Cl2N3O. The van der Waals surface area contributed by atoms with Gasteiger partial charge in [-0.1, -0.05) is 6.07 Å². The van der Waals surface area contributed by atoms with Gasteiger partial charge in [0.05, 0.1) is 11.2 Å². The Morgan fingerprint density at radius 3 is 2.74 bits per heavy atom. The summed E-state index contributed by atoms with van der Waals surface area (Å²) in [5.74, 6) is 0.788. The van der Waals surface area contributed by atoms with Crippen molar-refractivity contribution < 1.29 is 4.79 Å². The van der Waals surface area contributed by atoms with E-state index in [0.717, 1.165) is 36.1 Å². The Labute approximate surface area is 149 Å². The number of anilines is 1. The molecule has 2 N–H and O–H groups in total. The van der Waals surface area contributed by atoms with E-state index in [1.165, 1.54) is 12.8 Å². The maximum Gasteiger partial charge on any atom is 0.224 e. The fraction of sp³-hybridized carbons (Fsp3) is 0.412. The van der Waals surface area contributed by atoms with Crippen molar-refractivity contribution >= 4 is 47.3 Å². The monoisotopic (exact) mass is 355 g/mol. The molecule has 1 aliphatic heterocycles. The van der Waals surface area contributed by atoms with Crippen molar-refractivity contribution in [3.63, 3.8) is 0 Å². The number of amides is 1. The van der Waals surface area contributed by atoms with Gasteiger partial charge in [-0.2, -0.15) is 0 Å². The highest BCUT2D eigenvalue weighted by Crippen LogP contribution is 2.22. The van der Waals surface area contributed by atoms with E-state index in [0.29, 0.717) is 12.3 Å². The van der Waals surface area contributed by atoms with Gasteiger partial charge in [0.25, 0.3) is 0 Å². The highest BCUT2D eigenvalue weighted by molar-refractivity contribution is 6.00. The third kappa shape index (κ3) is 5.34. The molecule has 1 fully saturated rings. The molecule has 23 heavy (non-hydrogen) atoms. The van der Waals surface area contributed by atoms with Crippen LogP contribution in [0, 0.1) is 5.92 Å². The number of pyridine rings is 1. The molecule has 6 heteroatoms. The number of nitrogens with zero attached hydrogens (tertiary/aromatic N) is 1. The molecule has 0 radical (unpaired) electrons. The number of hydrogen-bond acceptors (Lipinski definition) is 3. The van der Waals surface area contributed by atoms with E-state index in [1.54, 1.807) is 6.20 Å². The quantitative estimate of drug-likeness (QED) is 0.876. The van der Waals surface area contributed by atoms with Gasteiger partial charge >= 0.3 is 0 Å². The molecule has 126 valence electrons. The van der Waals surface area contributed by atoms with Crippen LogP contribution in [-0.2, 0) is 4.79 Å². The second-order valence-electron chi connectivity index (χ2n) is 5.66. The normalized spacial score (nSPS) is 14.6. The number of rotatable bonds is 4. The molecule has 0 atom stereocenters. The average Bonchev–Trinajstić information content (AvgIpc) is 2.54. The van der Waals surface area contributed by atoms with E-state index in [2.05, 4.69) is 15.6 Å². The average molecular weight is 356 g/mol. The molecule has 0 saturated carbocycles. The number of fused-ring (bicyclic) bond motifs is 1. The van der Waals surface area contributed by atoms with Gasteiger partial charge in [0.2, 0.25) is 5.91 Å². The lowest BCUT2D eigenvalue weighted by Gasteiger charge is -2.22. The maximum absolute atomic E-state index is 12.2. The zero-order valence-electron chi connectivity index (χ0n) is 13.0. The number of aromatic nitrogens is 1. The van der Waals surface area contributed by atoms with Crippen molar-refractivity contribution in [2.24, 2.45) is 5.92 Å². The van der Waals surface area contributed by atoms with Crippen LogP contribution in [0.5, 0.6) is 0 Å². The number of hydrogen-bond donors (Lipinski definition) is 2. The van der Waals surface area contributed by atoms with E-state index in [1.807, 2.05) is 30.3 Å². The van der Waals surface area contributed by atoms with Gasteiger partial charge in [0.15, 0.2) is 0 Å². The van der Waals surface area contributed by atoms with E-state index >= 15 is 0 Å². The molecule has 1 aromatic heterocycles. The maximum atomic E-state index is 12.2. The number of piperidine rings is 1. The molecule has 0 unspecified atom stereocenters. The van der Waals surface area contributed by atoms with Crippen LogP contribution in [0.3, 0.4) is 0 Å². The molecule has 0 bridgehead atoms. The van der Waals surface area contributed by atoms with Gasteiger partial charge < -0.3 is 10.6 Å². The highest BCUT2D eigenvalue weighted by Gasteiger charge is 2.14. The second-order valence-corrected chi connectivity index (χ2v) is 5.66. The first-order valence-corrected chi connectivity index (χ1v) is 7.67. The molecule has 1 aliphatic rings. The van der Waals surface area contributed by atoms with E-state index < -0.39 is 0 Å². The van der Waals surface area contributed by atoms with Crippen LogP contribution in [0.4, 0.5) is 5.69 Å². The Kier molecular flexibility index (Phi) is 8.31. The molecule has 1 amide bonds. The van der Waals surface area contributed by atoms with Crippen LogP contribution < -0.4 is 10.6 Å². The standard InChI is InChI=1S/C17H21N3O.2ClH/c21-17(7-6-13-8-11-18-12-9-13)20-16-5-1-4-15-14(16)3-2-10-19-15;;/h1-5,10,13,18H,6-9,11-12H2,(H,20,21);2*1H. The number of nitrogens with one attached hydrogen (secondary N) is 2. The van der Waals surface area contributed by atoms with Crippen LogP contribution in [0.2, 0.25) is 0 Å². The minimum Gasteiger partial charge on any atom is -0.325 e. The Bertz CT molecular complexity index is 625. The van der Waals surface area contributed by atoms with Gasteiger partial charge in [0.1, 0.15) is 0 Å². The summed E-state index contributed by atoms with van der Waals surface area (Å²) < 4.78 is 0. The van der Waals surface area contributed by atoms with E-state index in [4.69, 9.17) is 0 Å². The molecule has 1 saturated heterocycles. The summed E-state index contributed by atoms with van der Waals surface area (Å²) in [6.45, 7) is 2.17. The third-order valence-corrected chi connectivity index (χ3v) is 4.16. The van der Waals surface area contributed by atoms with Crippen molar-refractivity contribution in [3.8, 4) is 0 Å². The summed E-state index contributed by atoms with van der Waals surface area (Å²) in [6, 6.07) is 9.71. The lowest BCUT2D eigenvalue weighted by Crippen LogP contribution is -2.28. The SMILES string of the molecule is Cl.Cl.O=C(CCC1CCNCC1)Nc1cccc2ncccc12. The van der Waals surface area contributed by atoms with Crippen molar-refractivity contribution in [1.29, 1.82) is 0 Å². The Morgan fingerprint density at radius 1 is 1.17 bits per heavy atom. The predicted octanol–water partition coefficient (Wildman–Crippen LogP) is 3.80. The van der Waals surface area contributed by atoms with Gasteiger partial charge in [-0.15, -0.1) is 24.8 Å². The van der Waals surface area contributed by atoms with E-state index in [9.17, 15) is 4.79 Å². The second kappa shape index (κ2) is 9.71. The van der Waals surface area contributed by atoms with Crippen LogP contribution in [0.1, 0.15) is 25.7 Å². The van der Waals surface area contributed by atoms with Gasteiger partial charge in [-0.25, -0.2) is 0 Å². The molecular weight excluding hydrogens is 333 g/mol. The molecule has 2 heterocycles. The largest absolute Gasteiger partial charge is 0.325 e. The summed E-state index contributed by atoms with van der Waals surface area (Å²) in [4.78, 5) is 16.5. The van der Waals surface area contributed by atoms with Gasteiger partial charge in [-0.05, 0) is 62.5 Å². The number of carbonyl (C=O) groups is 1. The first kappa shape index (κ1) is 19.7. The van der Waals surface area contributed by atoms with E-state index in [-0.39, 0.29) is 30.7 Å². The molecule has 2 aromatic rings. The smallest absolute Gasteiger partial charge is 0.224 e. The third-order valence-electron chi connectivity index (χ3n) is 4.16. The summed E-state index contributed by atoms with van der Waals surface area (Å²) >= 11 is 0. The number of carbonyl (C=O) groups excluding carboxylic acids is 1. The summed E-state index contributed by atoms with van der Waals surface area (Å²) in [5.41, 5.74) is 1.77. The minimum absolute atomic E-state index is 0. The zero-order valence-corrected chi connectivity index (χ0v) is 14.6. The molecule has 1 aromatic carbocycles. The Balaban J connectivity index is 0.00000132. The fourth-order valence-corrected chi connectivity index (χ4v) is 2.93.